The number of nitrogens with zero attached hydrogens (tertiary/aromatic N) is 2. The number of anilines is 1. The summed E-state index contributed by atoms with van der Waals surface area (Å²) in [4.78, 5) is 41.0. The highest BCUT2D eigenvalue weighted by molar-refractivity contribution is 6.06. The van der Waals surface area contributed by atoms with Gasteiger partial charge in [-0.3, -0.25) is 19.9 Å². The Morgan fingerprint density at radius 1 is 1.03 bits per heavy atom. The number of carbonyl (C=O) groups is 2. The zero-order valence-corrected chi connectivity index (χ0v) is 19.3. The molecule has 1 heterocycles. The van der Waals surface area contributed by atoms with Crippen LogP contribution in [0.1, 0.15) is 39.5 Å². The summed E-state index contributed by atoms with van der Waals surface area (Å²) in [6.45, 7) is -0.519. The molecule has 1 atom stereocenters. The number of fused-ring (bicyclic) bond motifs is 2. The second-order valence-electron chi connectivity index (χ2n) is 8.71. The molecule has 1 amide bonds. The van der Waals surface area contributed by atoms with E-state index in [1.165, 1.54) is 29.8 Å². The molecule has 3 aromatic carbocycles. The summed E-state index contributed by atoms with van der Waals surface area (Å²) in [7, 11) is 0. The van der Waals surface area contributed by atoms with Crippen molar-refractivity contribution in [3.05, 3.63) is 111 Å². The first-order valence-corrected chi connectivity index (χ1v) is 11.7. The van der Waals surface area contributed by atoms with Gasteiger partial charge in [-0.1, -0.05) is 54.6 Å². The van der Waals surface area contributed by atoms with Crippen molar-refractivity contribution < 1.29 is 19.2 Å². The van der Waals surface area contributed by atoms with Crippen LogP contribution in [0.25, 0.3) is 10.9 Å². The lowest BCUT2D eigenvalue weighted by Gasteiger charge is -2.26. The second kappa shape index (κ2) is 9.95. The van der Waals surface area contributed by atoms with Crippen LogP contribution in [-0.2, 0) is 22.4 Å². The maximum Gasteiger partial charge on any atom is 0.339 e. The molecule has 0 fully saturated rings. The second-order valence-corrected chi connectivity index (χ2v) is 8.71. The van der Waals surface area contributed by atoms with Crippen molar-refractivity contribution >= 4 is 34.2 Å². The zero-order chi connectivity index (χ0) is 25.1. The number of hydrogen-bond acceptors (Lipinski definition) is 6. The van der Waals surface area contributed by atoms with Crippen molar-refractivity contribution in [1.82, 2.24) is 4.98 Å². The molecule has 0 spiro atoms. The van der Waals surface area contributed by atoms with Crippen molar-refractivity contribution in [2.24, 2.45) is 0 Å². The van der Waals surface area contributed by atoms with Crippen LogP contribution >= 0.6 is 0 Å². The van der Waals surface area contributed by atoms with Crippen molar-refractivity contribution in [2.45, 2.75) is 25.2 Å². The Labute approximate surface area is 207 Å². The lowest BCUT2D eigenvalue weighted by atomic mass is 9.80. The Balaban J connectivity index is 1.39. The monoisotopic (exact) mass is 481 g/mol. The van der Waals surface area contributed by atoms with Crippen LogP contribution in [0.15, 0.2) is 78.9 Å². The fourth-order valence-corrected chi connectivity index (χ4v) is 4.73. The van der Waals surface area contributed by atoms with Gasteiger partial charge in [-0.05, 0) is 48.4 Å². The van der Waals surface area contributed by atoms with Crippen molar-refractivity contribution in [1.29, 1.82) is 0 Å². The molecule has 5 rings (SSSR count). The van der Waals surface area contributed by atoms with Crippen molar-refractivity contribution in [3.8, 4) is 0 Å². The molecule has 180 valence electrons. The number of nitro groups is 1. The number of aryl methyl sites for hydroxylation is 1. The number of amides is 1. The third-order valence-electron chi connectivity index (χ3n) is 6.41. The standard InChI is InChI=1S/C28H23N3O5/c32-26(29-20-9-6-10-21(16-20)31(34)35)17-36-28(33)27-22-11-4-5-12-24(22)30-25-14-13-19(15-23(25)27)18-7-2-1-3-8-18/h1-12,16,19H,13-15,17H2,(H,29,32). The summed E-state index contributed by atoms with van der Waals surface area (Å²) < 4.78 is 5.44. The smallest absolute Gasteiger partial charge is 0.339 e. The lowest BCUT2D eigenvalue weighted by Crippen LogP contribution is -2.23. The average molecular weight is 482 g/mol. The fraction of sp³-hybridized carbons (Fsp3) is 0.179. The van der Waals surface area contributed by atoms with E-state index in [0.717, 1.165) is 24.1 Å². The van der Waals surface area contributed by atoms with Gasteiger partial charge in [0.1, 0.15) is 0 Å². The third kappa shape index (κ3) is 4.79. The molecule has 1 aliphatic rings. The van der Waals surface area contributed by atoms with E-state index < -0.39 is 23.4 Å². The molecule has 1 unspecified atom stereocenters. The fourth-order valence-electron chi connectivity index (χ4n) is 4.73. The van der Waals surface area contributed by atoms with Gasteiger partial charge in [0.15, 0.2) is 6.61 Å². The lowest BCUT2D eigenvalue weighted by molar-refractivity contribution is -0.384. The molecular formula is C28H23N3O5. The van der Waals surface area contributed by atoms with Gasteiger partial charge in [0.25, 0.3) is 11.6 Å². The number of carbonyl (C=O) groups excluding carboxylic acids is 2. The summed E-state index contributed by atoms with van der Waals surface area (Å²) in [5.41, 5.74) is 4.22. The SMILES string of the molecule is O=C(COC(=O)c1c2c(nc3ccccc13)CCC(c1ccccc1)C2)Nc1cccc([N+](=O)[O-])c1. The predicted molar refractivity (Wildman–Crippen MR) is 135 cm³/mol. The summed E-state index contributed by atoms with van der Waals surface area (Å²) >= 11 is 0. The van der Waals surface area contributed by atoms with Crippen LogP contribution in [0.3, 0.4) is 0 Å². The zero-order valence-electron chi connectivity index (χ0n) is 19.3. The highest BCUT2D eigenvalue weighted by Gasteiger charge is 2.28. The number of ether oxygens (including phenoxy) is 1. The number of aromatic nitrogens is 1. The van der Waals surface area contributed by atoms with Gasteiger partial charge >= 0.3 is 5.97 Å². The van der Waals surface area contributed by atoms with Crippen molar-refractivity contribution in [2.75, 3.05) is 11.9 Å². The molecule has 1 aromatic heterocycles. The van der Waals surface area contributed by atoms with E-state index in [0.29, 0.717) is 22.9 Å². The number of hydrogen-bond donors (Lipinski definition) is 1. The number of rotatable bonds is 6. The van der Waals surface area contributed by atoms with Gasteiger partial charge in [0.2, 0.25) is 0 Å². The minimum Gasteiger partial charge on any atom is -0.452 e. The van der Waals surface area contributed by atoms with E-state index in [2.05, 4.69) is 17.4 Å². The van der Waals surface area contributed by atoms with Crippen molar-refractivity contribution in [3.63, 3.8) is 0 Å². The molecule has 0 radical (unpaired) electrons. The Morgan fingerprint density at radius 2 is 1.81 bits per heavy atom. The summed E-state index contributed by atoms with van der Waals surface area (Å²) in [6, 6.07) is 23.2. The number of benzene rings is 3. The number of para-hydroxylation sites is 1. The van der Waals surface area contributed by atoms with Crippen LogP contribution < -0.4 is 5.32 Å². The Morgan fingerprint density at radius 3 is 2.61 bits per heavy atom. The average Bonchev–Trinajstić information content (AvgIpc) is 2.90. The maximum atomic E-state index is 13.4. The summed E-state index contributed by atoms with van der Waals surface area (Å²) in [6.07, 6.45) is 2.33. The molecule has 0 saturated heterocycles. The van der Waals surface area contributed by atoms with Gasteiger partial charge in [-0.15, -0.1) is 0 Å². The van der Waals surface area contributed by atoms with E-state index in [-0.39, 0.29) is 17.3 Å². The van der Waals surface area contributed by atoms with Crippen LogP contribution in [0.5, 0.6) is 0 Å². The number of non-ortho nitro benzene ring substituents is 1. The molecule has 4 aromatic rings. The third-order valence-corrected chi connectivity index (χ3v) is 6.41. The highest BCUT2D eigenvalue weighted by atomic mass is 16.6. The first-order chi connectivity index (χ1) is 17.5. The van der Waals surface area contributed by atoms with Gasteiger partial charge < -0.3 is 10.1 Å². The first-order valence-electron chi connectivity index (χ1n) is 11.7. The Hall–Kier alpha value is -4.59. The quantitative estimate of drug-likeness (QED) is 0.230. The molecule has 0 aliphatic heterocycles. The Bertz CT molecular complexity index is 1470. The van der Waals surface area contributed by atoms with Crippen LogP contribution in [0, 0.1) is 10.1 Å². The molecule has 8 heteroatoms. The van der Waals surface area contributed by atoms with Gasteiger partial charge in [0, 0.05) is 28.9 Å². The van der Waals surface area contributed by atoms with E-state index >= 15 is 0 Å². The molecule has 0 saturated carbocycles. The first kappa shape index (κ1) is 23.2. The number of pyridine rings is 1. The van der Waals surface area contributed by atoms with Crippen LogP contribution in [0.2, 0.25) is 0 Å². The van der Waals surface area contributed by atoms with Gasteiger partial charge in [-0.2, -0.15) is 0 Å². The van der Waals surface area contributed by atoms with Crippen LogP contribution in [-0.4, -0.2) is 28.4 Å². The molecular weight excluding hydrogens is 458 g/mol. The predicted octanol–water partition coefficient (Wildman–Crippen LogP) is 5.21. The minimum absolute atomic E-state index is 0.146. The van der Waals surface area contributed by atoms with Gasteiger partial charge in [-0.25, -0.2) is 4.79 Å². The minimum atomic E-state index is -0.590. The van der Waals surface area contributed by atoms with E-state index in [4.69, 9.17) is 9.72 Å². The highest BCUT2D eigenvalue weighted by Crippen LogP contribution is 2.36. The molecule has 0 bridgehead atoms. The topological polar surface area (TPSA) is 111 Å². The molecule has 1 N–H and O–H groups in total. The number of nitrogens with one attached hydrogen (secondary N) is 1. The number of nitro benzene ring substituents is 1. The number of esters is 1. The largest absolute Gasteiger partial charge is 0.452 e. The maximum absolute atomic E-state index is 13.4. The molecule has 36 heavy (non-hydrogen) atoms. The van der Waals surface area contributed by atoms with E-state index in [9.17, 15) is 19.7 Å². The van der Waals surface area contributed by atoms with Gasteiger partial charge in [0.05, 0.1) is 16.0 Å². The summed E-state index contributed by atoms with van der Waals surface area (Å²) in [5.74, 6) is -0.920. The molecule has 8 nitrogen and oxygen atoms in total. The van der Waals surface area contributed by atoms with E-state index in [1.54, 1.807) is 0 Å². The normalized spacial score (nSPS) is 14.6. The van der Waals surface area contributed by atoms with Crippen LogP contribution in [0.4, 0.5) is 11.4 Å². The Kier molecular flexibility index (Phi) is 6.40. The summed E-state index contributed by atoms with van der Waals surface area (Å²) in [5, 5.41) is 14.2. The van der Waals surface area contributed by atoms with E-state index in [1.807, 2.05) is 42.5 Å². The molecule has 1 aliphatic carbocycles.